The molecule has 0 aromatic carbocycles. The number of fused-ring (bicyclic) bond motifs is 1. The summed E-state index contributed by atoms with van der Waals surface area (Å²) in [6.07, 6.45) is 2.04. The summed E-state index contributed by atoms with van der Waals surface area (Å²) < 4.78 is 2.05. The number of nitrogens with two attached hydrogens (primary N) is 1. The van der Waals surface area contributed by atoms with Crippen LogP contribution in [0.1, 0.15) is 11.4 Å². The summed E-state index contributed by atoms with van der Waals surface area (Å²) in [5.41, 5.74) is 10.6. The van der Waals surface area contributed by atoms with E-state index in [0.717, 1.165) is 26.9 Å². The van der Waals surface area contributed by atoms with Crippen molar-refractivity contribution < 1.29 is 0 Å². The third kappa shape index (κ3) is 1.38. The molecule has 0 atom stereocenters. The lowest BCUT2D eigenvalue weighted by Crippen LogP contribution is -1.98. The third-order valence-corrected chi connectivity index (χ3v) is 4.31. The molecule has 3 aromatic rings. The monoisotopic (exact) mass is 250 g/mol. The fourth-order valence-electron chi connectivity index (χ4n) is 1.63. The lowest BCUT2D eigenvalue weighted by Gasteiger charge is -1.92. The average molecular weight is 250 g/mol. The van der Waals surface area contributed by atoms with Crippen LogP contribution in [-0.2, 0) is 6.54 Å². The minimum Gasteiger partial charge on any atom is -0.325 e. The van der Waals surface area contributed by atoms with Gasteiger partial charge < -0.3 is 5.73 Å². The molecule has 0 radical (unpaired) electrons. The second kappa shape index (κ2) is 3.65. The minimum atomic E-state index is 0.539. The highest BCUT2D eigenvalue weighted by Crippen LogP contribution is 2.28. The molecule has 0 unspecified atom stereocenters. The van der Waals surface area contributed by atoms with E-state index in [1.165, 1.54) is 0 Å². The van der Waals surface area contributed by atoms with Gasteiger partial charge in [0, 0.05) is 23.8 Å². The predicted octanol–water partition coefficient (Wildman–Crippen LogP) is 2.29. The van der Waals surface area contributed by atoms with Crippen molar-refractivity contribution in [2.24, 2.45) is 5.73 Å². The first kappa shape index (κ1) is 9.95. The van der Waals surface area contributed by atoms with E-state index in [4.69, 9.17) is 5.73 Å². The fourth-order valence-corrected chi connectivity index (χ4v) is 3.28. The number of aryl methyl sites for hydroxylation is 1. The van der Waals surface area contributed by atoms with Gasteiger partial charge in [-0.05, 0) is 6.92 Å². The SMILES string of the molecule is Cc1ncsc1-c1cn2c(CN)csc2n1. The summed E-state index contributed by atoms with van der Waals surface area (Å²) in [6.45, 7) is 2.54. The van der Waals surface area contributed by atoms with Crippen molar-refractivity contribution in [3.8, 4) is 10.6 Å². The van der Waals surface area contributed by atoms with Gasteiger partial charge in [0.25, 0.3) is 0 Å². The maximum Gasteiger partial charge on any atom is 0.194 e. The highest BCUT2D eigenvalue weighted by atomic mass is 32.1. The van der Waals surface area contributed by atoms with Crippen LogP contribution in [0.4, 0.5) is 0 Å². The van der Waals surface area contributed by atoms with E-state index in [1.807, 2.05) is 24.0 Å². The minimum absolute atomic E-state index is 0.539. The van der Waals surface area contributed by atoms with Crippen molar-refractivity contribution in [1.29, 1.82) is 0 Å². The van der Waals surface area contributed by atoms with Crippen LogP contribution >= 0.6 is 22.7 Å². The summed E-state index contributed by atoms with van der Waals surface area (Å²) in [5, 5.41) is 2.05. The molecule has 3 heterocycles. The Hall–Kier alpha value is -1.24. The Morgan fingerprint density at radius 3 is 3.00 bits per heavy atom. The van der Waals surface area contributed by atoms with Crippen molar-refractivity contribution in [3.05, 3.63) is 28.5 Å². The molecule has 2 N–H and O–H groups in total. The number of rotatable bonds is 2. The molecule has 0 spiro atoms. The second-order valence-electron chi connectivity index (χ2n) is 3.48. The van der Waals surface area contributed by atoms with Crippen LogP contribution in [0.2, 0.25) is 0 Å². The molecule has 0 saturated heterocycles. The normalized spacial score (nSPS) is 11.4. The Kier molecular flexibility index (Phi) is 2.27. The zero-order valence-corrected chi connectivity index (χ0v) is 10.3. The summed E-state index contributed by atoms with van der Waals surface area (Å²) in [7, 11) is 0. The van der Waals surface area contributed by atoms with E-state index >= 15 is 0 Å². The molecule has 4 nitrogen and oxygen atoms in total. The van der Waals surface area contributed by atoms with Crippen molar-refractivity contribution in [2.45, 2.75) is 13.5 Å². The summed E-state index contributed by atoms with van der Waals surface area (Å²) in [6, 6.07) is 0. The molecule has 0 aliphatic heterocycles. The Bertz CT molecular complexity index is 634. The third-order valence-electron chi connectivity index (χ3n) is 2.47. The Balaban J connectivity index is 2.19. The molecule has 0 fully saturated rings. The summed E-state index contributed by atoms with van der Waals surface area (Å²) in [5.74, 6) is 0. The molecule has 6 heteroatoms. The lowest BCUT2D eigenvalue weighted by molar-refractivity contribution is 0.966. The Labute approximate surface area is 100 Å². The topological polar surface area (TPSA) is 56.2 Å². The average Bonchev–Trinajstić information content (AvgIpc) is 2.90. The Morgan fingerprint density at radius 1 is 1.44 bits per heavy atom. The first-order valence-corrected chi connectivity index (χ1v) is 6.61. The van der Waals surface area contributed by atoms with Crippen molar-refractivity contribution in [1.82, 2.24) is 14.4 Å². The van der Waals surface area contributed by atoms with Crippen LogP contribution in [0.25, 0.3) is 15.5 Å². The van der Waals surface area contributed by atoms with Gasteiger partial charge in [-0.3, -0.25) is 4.40 Å². The van der Waals surface area contributed by atoms with Gasteiger partial charge in [-0.25, -0.2) is 9.97 Å². The van der Waals surface area contributed by atoms with Crippen LogP contribution in [-0.4, -0.2) is 14.4 Å². The quantitative estimate of drug-likeness (QED) is 0.759. The van der Waals surface area contributed by atoms with Crippen LogP contribution in [0.15, 0.2) is 17.1 Å². The lowest BCUT2D eigenvalue weighted by atomic mass is 10.3. The smallest absolute Gasteiger partial charge is 0.194 e. The molecule has 0 aliphatic carbocycles. The van der Waals surface area contributed by atoms with Gasteiger partial charge >= 0.3 is 0 Å². The zero-order valence-electron chi connectivity index (χ0n) is 8.67. The molecular formula is C10H10N4S2. The van der Waals surface area contributed by atoms with E-state index in [-0.39, 0.29) is 0 Å². The number of nitrogens with zero attached hydrogens (tertiary/aromatic N) is 3. The molecule has 0 amide bonds. The molecule has 3 rings (SSSR count). The number of hydrogen-bond donors (Lipinski definition) is 1. The van der Waals surface area contributed by atoms with Crippen molar-refractivity contribution in [2.75, 3.05) is 0 Å². The van der Waals surface area contributed by atoms with Gasteiger partial charge in [0.2, 0.25) is 0 Å². The van der Waals surface area contributed by atoms with Crippen LogP contribution < -0.4 is 5.73 Å². The molecule has 82 valence electrons. The number of imidazole rings is 1. The van der Waals surface area contributed by atoms with Gasteiger partial charge in [-0.15, -0.1) is 22.7 Å². The van der Waals surface area contributed by atoms with Gasteiger partial charge in [-0.1, -0.05) is 0 Å². The maximum absolute atomic E-state index is 5.67. The van der Waals surface area contributed by atoms with E-state index in [0.29, 0.717) is 6.54 Å². The van der Waals surface area contributed by atoms with Gasteiger partial charge in [0.1, 0.15) is 5.69 Å². The second-order valence-corrected chi connectivity index (χ2v) is 5.17. The van der Waals surface area contributed by atoms with Crippen molar-refractivity contribution in [3.63, 3.8) is 0 Å². The molecule has 0 aliphatic rings. The first-order valence-electron chi connectivity index (χ1n) is 4.85. The van der Waals surface area contributed by atoms with Crippen LogP contribution in [0.3, 0.4) is 0 Å². The predicted molar refractivity (Wildman–Crippen MR) is 66.8 cm³/mol. The molecule has 3 aromatic heterocycles. The number of aromatic nitrogens is 3. The first-order chi connectivity index (χ1) is 7.79. The largest absolute Gasteiger partial charge is 0.325 e. The van der Waals surface area contributed by atoms with Crippen LogP contribution in [0, 0.1) is 6.92 Å². The standard InChI is InChI=1S/C10H10N4S2/c1-6-9(16-5-12-6)8-3-14-7(2-11)4-15-10(14)13-8/h3-5H,2,11H2,1H3. The van der Waals surface area contributed by atoms with Gasteiger partial charge in [0.05, 0.1) is 16.1 Å². The fraction of sp³-hybridized carbons (Fsp3) is 0.200. The maximum atomic E-state index is 5.67. The molecular weight excluding hydrogens is 240 g/mol. The van der Waals surface area contributed by atoms with Gasteiger partial charge in [-0.2, -0.15) is 0 Å². The molecule has 0 saturated carbocycles. The number of hydrogen-bond acceptors (Lipinski definition) is 5. The van der Waals surface area contributed by atoms with E-state index in [1.54, 1.807) is 22.7 Å². The van der Waals surface area contributed by atoms with E-state index in [9.17, 15) is 0 Å². The highest BCUT2D eigenvalue weighted by Gasteiger charge is 2.11. The van der Waals surface area contributed by atoms with Crippen LogP contribution in [0.5, 0.6) is 0 Å². The molecule has 0 bridgehead atoms. The molecule has 16 heavy (non-hydrogen) atoms. The van der Waals surface area contributed by atoms with Gasteiger partial charge in [0.15, 0.2) is 4.96 Å². The van der Waals surface area contributed by atoms with Crippen molar-refractivity contribution >= 4 is 27.6 Å². The van der Waals surface area contributed by atoms with E-state index < -0.39 is 0 Å². The number of thiazole rings is 2. The summed E-state index contributed by atoms with van der Waals surface area (Å²) >= 11 is 3.24. The van der Waals surface area contributed by atoms with E-state index in [2.05, 4.69) is 14.4 Å². The zero-order chi connectivity index (χ0) is 11.1. The Morgan fingerprint density at radius 2 is 2.31 bits per heavy atom. The summed E-state index contributed by atoms with van der Waals surface area (Å²) in [4.78, 5) is 10.9. The highest BCUT2D eigenvalue weighted by molar-refractivity contribution is 7.15.